The van der Waals surface area contributed by atoms with Crippen LogP contribution < -0.4 is 5.32 Å². The van der Waals surface area contributed by atoms with Crippen LogP contribution in [0.5, 0.6) is 0 Å². The molecule has 19 heavy (non-hydrogen) atoms. The Labute approximate surface area is 116 Å². The van der Waals surface area contributed by atoms with Crippen molar-refractivity contribution < 1.29 is 19.1 Å². The van der Waals surface area contributed by atoms with E-state index in [9.17, 15) is 9.59 Å². The summed E-state index contributed by atoms with van der Waals surface area (Å²) in [5, 5.41) is 3.23. The van der Waals surface area contributed by atoms with Crippen LogP contribution in [-0.4, -0.2) is 31.7 Å². The summed E-state index contributed by atoms with van der Waals surface area (Å²) < 4.78 is 9.86. The molecule has 0 radical (unpaired) electrons. The predicted octanol–water partition coefficient (Wildman–Crippen LogP) is 2.52. The third kappa shape index (κ3) is 3.13. The molecule has 0 unspecified atom stereocenters. The molecule has 0 saturated carbocycles. The molecule has 1 N–H and O–H groups in total. The van der Waals surface area contributed by atoms with Gasteiger partial charge in [0, 0.05) is 12.0 Å². The van der Waals surface area contributed by atoms with Gasteiger partial charge in [0.15, 0.2) is 0 Å². The van der Waals surface area contributed by atoms with Gasteiger partial charge in [-0.25, -0.2) is 4.79 Å². The average Bonchev–Trinajstić information content (AvgIpc) is 2.64. The van der Waals surface area contributed by atoms with Gasteiger partial charge in [0.05, 0.1) is 12.7 Å². The number of rotatable bonds is 4. The Morgan fingerprint density at radius 1 is 1.21 bits per heavy atom. The Bertz CT molecular complexity index is 505. The van der Waals surface area contributed by atoms with E-state index in [1.165, 1.54) is 25.6 Å². The Morgan fingerprint density at radius 3 is 2.26 bits per heavy atom. The maximum atomic E-state index is 12.1. The van der Waals surface area contributed by atoms with Crippen LogP contribution in [0, 0.1) is 13.8 Å². The van der Waals surface area contributed by atoms with Crippen LogP contribution in [0.25, 0.3) is 0 Å². The van der Waals surface area contributed by atoms with E-state index >= 15 is 0 Å². The molecule has 1 aromatic rings. The van der Waals surface area contributed by atoms with E-state index in [1.54, 1.807) is 13.8 Å². The molecule has 6 heteroatoms. The first kappa shape index (κ1) is 15.7. The molecule has 1 amide bonds. The number of hydrogen-bond donors (Lipinski definition) is 1. The fourth-order valence-corrected chi connectivity index (χ4v) is 2.45. The maximum absolute atomic E-state index is 12.1. The number of carbonyl (C=O) groups excluding carboxylic acids is 2. The number of anilines is 1. The summed E-state index contributed by atoms with van der Waals surface area (Å²) in [6, 6.07) is 0. The fraction of sp³-hybridized carbons (Fsp3) is 0.538. The minimum atomic E-state index is -0.959. The molecule has 106 valence electrons. The Morgan fingerprint density at radius 2 is 1.79 bits per heavy atom. The summed E-state index contributed by atoms with van der Waals surface area (Å²) in [6.45, 7) is 7.04. The first-order chi connectivity index (χ1) is 8.74. The van der Waals surface area contributed by atoms with Gasteiger partial charge in [-0.3, -0.25) is 4.79 Å². The summed E-state index contributed by atoms with van der Waals surface area (Å²) in [5.41, 5.74) is 0.270. The number of thiophene rings is 1. The molecule has 0 aliphatic rings. The normalized spacial score (nSPS) is 11.3. The van der Waals surface area contributed by atoms with Gasteiger partial charge in [-0.05, 0) is 33.3 Å². The number of nitrogens with one attached hydrogen (secondary N) is 1. The van der Waals surface area contributed by atoms with Gasteiger partial charge in [-0.1, -0.05) is 0 Å². The number of hydrogen-bond acceptors (Lipinski definition) is 5. The van der Waals surface area contributed by atoms with Crippen LogP contribution in [0.4, 0.5) is 5.00 Å². The van der Waals surface area contributed by atoms with Crippen molar-refractivity contribution in [1.29, 1.82) is 0 Å². The van der Waals surface area contributed by atoms with E-state index in [0.29, 0.717) is 10.6 Å². The predicted molar refractivity (Wildman–Crippen MR) is 74.9 cm³/mol. The molecule has 1 aromatic heterocycles. The monoisotopic (exact) mass is 285 g/mol. The zero-order valence-electron chi connectivity index (χ0n) is 12.0. The zero-order chi connectivity index (χ0) is 14.8. The zero-order valence-corrected chi connectivity index (χ0v) is 12.9. The highest BCUT2D eigenvalue weighted by molar-refractivity contribution is 7.16. The molecule has 0 aromatic carbocycles. The summed E-state index contributed by atoms with van der Waals surface area (Å²) in [5.74, 6) is -0.756. The summed E-state index contributed by atoms with van der Waals surface area (Å²) in [6.07, 6.45) is 0. The minimum absolute atomic E-state index is 0.304. The number of aryl methyl sites for hydroxylation is 1. The third-order valence-corrected chi connectivity index (χ3v) is 4.18. The largest absolute Gasteiger partial charge is 0.465 e. The lowest BCUT2D eigenvalue weighted by Gasteiger charge is -2.21. The quantitative estimate of drug-likeness (QED) is 0.863. The van der Waals surface area contributed by atoms with Gasteiger partial charge >= 0.3 is 5.97 Å². The van der Waals surface area contributed by atoms with E-state index in [-0.39, 0.29) is 5.91 Å². The van der Waals surface area contributed by atoms with Gasteiger partial charge < -0.3 is 14.8 Å². The summed E-state index contributed by atoms with van der Waals surface area (Å²) in [4.78, 5) is 24.8. The first-order valence-corrected chi connectivity index (χ1v) is 6.61. The summed E-state index contributed by atoms with van der Waals surface area (Å²) in [7, 11) is 2.78. The second kappa shape index (κ2) is 5.71. The Balaban J connectivity index is 3.12. The van der Waals surface area contributed by atoms with Crippen molar-refractivity contribution >= 4 is 28.2 Å². The van der Waals surface area contributed by atoms with Crippen LogP contribution in [0.3, 0.4) is 0 Å². The van der Waals surface area contributed by atoms with Crippen LogP contribution in [-0.2, 0) is 14.3 Å². The molecule has 1 heterocycles. The second-order valence-electron chi connectivity index (χ2n) is 4.65. The van der Waals surface area contributed by atoms with Crippen molar-refractivity contribution in [2.24, 2.45) is 0 Å². The molecular weight excluding hydrogens is 266 g/mol. The molecular formula is C13H19NO4S. The molecule has 0 atom stereocenters. The molecule has 5 nitrogen and oxygen atoms in total. The highest BCUT2D eigenvalue weighted by Crippen LogP contribution is 2.33. The highest BCUT2D eigenvalue weighted by Gasteiger charge is 2.30. The van der Waals surface area contributed by atoms with Gasteiger partial charge in [0.25, 0.3) is 5.91 Å². The van der Waals surface area contributed by atoms with Crippen LogP contribution in [0.2, 0.25) is 0 Å². The van der Waals surface area contributed by atoms with Crippen molar-refractivity contribution in [3.63, 3.8) is 0 Å². The molecule has 1 rings (SSSR count). The van der Waals surface area contributed by atoms with Crippen molar-refractivity contribution in [1.82, 2.24) is 0 Å². The number of carbonyl (C=O) groups is 2. The van der Waals surface area contributed by atoms with Crippen molar-refractivity contribution in [3.05, 3.63) is 16.0 Å². The first-order valence-electron chi connectivity index (χ1n) is 5.79. The van der Waals surface area contributed by atoms with E-state index in [4.69, 9.17) is 9.47 Å². The highest BCUT2D eigenvalue weighted by atomic mass is 32.1. The van der Waals surface area contributed by atoms with E-state index in [2.05, 4.69) is 5.32 Å². The van der Waals surface area contributed by atoms with Gasteiger partial charge in [0.1, 0.15) is 10.6 Å². The maximum Gasteiger partial charge on any atom is 0.341 e. The van der Waals surface area contributed by atoms with Gasteiger partial charge in [-0.15, -0.1) is 11.3 Å². The Hall–Kier alpha value is -1.40. The molecule has 0 aliphatic carbocycles. The molecule has 0 fully saturated rings. The topological polar surface area (TPSA) is 64.6 Å². The number of methoxy groups -OCH3 is 2. The smallest absolute Gasteiger partial charge is 0.341 e. The van der Waals surface area contributed by atoms with E-state index in [1.807, 2.05) is 13.8 Å². The average molecular weight is 285 g/mol. The van der Waals surface area contributed by atoms with Gasteiger partial charge in [0.2, 0.25) is 0 Å². The van der Waals surface area contributed by atoms with Gasteiger partial charge in [-0.2, -0.15) is 0 Å². The number of esters is 1. The Kier molecular flexibility index (Phi) is 4.70. The third-order valence-electron chi connectivity index (χ3n) is 3.06. The number of amides is 1. The lowest BCUT2D eigenvalue weighted by molar-refractivity contribution is -0.133. The standard InChI is InChI=1S/C13H19NO4S/c1-7-8(2)19-10(9(7)11(15)17-5)14-12(16)13(3,4)18-6/h1-6H3,(H,14,16). The second-order valence-corrected chi connectivity index (χ2v) is 5.87. The van der Waals surface area contributed by atoms with Crippen LogP contribution in [0.1, 0.15) is 34.6 Å². The lowest BCUT2D eigenvalue weighted by Crippen LogP contribution is -2.38. The number of ether oxygens (including phenoxy) is 2. The molecule has 0 spiro atoms. The molecule has 0 saturated heterocycles. The van der Waals surface area contributed by atoms with Crippen LogP contribution >= 0.6 is 11.3 Å². The van der Waals surface area contributed by atoms with Crippen LogP contribution in [0.15, 0.2) is 0 Å². The van der Waals surface area contributed by atoms with E-state index in [0.717, 1.165) is 10.4 Å². The van der Waals surface area contributed by atoms with E-state index < -0.39 is 11.6 Å². The fourth-order valence-electron chi connectivity index (χ4n) is 1.41. The lowest BCUT2D eigenvalue weighted by atomic mass is 10.1. The summed E-state index contributed by atoms with van der Waals surface area (Å²) >= 11 is 1.35. The van der Waals surface area contributed by atoms with Crippen molar-refractivity contribution in [2.45, 2.75) is 33.3 Å². The molecule has 0 aliphatic heterocycles. The SMILES string of the molecule is COC(=O)c1c(NC(=O)C(C)(C)OC)sc(C)c1C. The molecule has 0 bridgehead atoms. The minimum Gasteiger partial charge on any atom is -0.465 e. The van der Waals surface area contributed by atoms with Crippen molar-refractivity contribution in [2.75, 3.05) is 19.5 Å². The van der Waals surface area contributed by atoms with Crippen molar-refractivity contribution in [3.8, 4) is 0 Å².